The summed E-state index contributed by atoms with van der Waals surface area (Å²) in [7, 11) is 0. The molecule has 1 heterocycles. The van der Waals surface area contributed by atoms with Gasteiger partial charge in [0.05, 0.1) is 5.69 Å². The van der Waals surface area contributed by atoms with Gasteiger partial charge in [-0.3, -0.25) is 5.10 Å². The van der Waals surface area contributed by atoms with Gasteiger partial charge in [0.25, 0.3) is 0 Å². The predicted octanol–water partition coefficient (Wildman–Crippen LogP) is 2.16. The summed E-state index contributed by atoms with van der Waals surface area (Å²) in [4.78, 5) is 0. The minimum atomic E-state index is 0.394. The van der Waals surface area contributed by atoms with E-state index in [0.29, 0.717) is 5.41 Å². The van der Waals surface area contributed by atoms with E-state index in [0.717, 1.165) is 0 Å². The topological polar surface area (TPSA) is 28.7 Å². The van der Waals surface area contributed by atoms with E-state index in [-0.39, 0.29) is 0 Å². The van der Waals surface area contributed by atoms with E-state index in [2.05, 4.69) is 30.1 Å². The molecule has 0 aromatic carbocycles. The second kappa shape index (κ2) is 2.10. The summed E-state index contributed by atoms with van der Waals surface area (Å²) in [5.41, 5.74) is 2.82. The molecule has 60 valence electrons. The minimum absolute atomic E-state index is 0.394. The average molecular weight is 150 g/mol. The molecule has 1 saturated carbocycles. The molecule has 1 aliphatic carbocycles. The molecule has 0 spiro atoms. The van der Waals surface area contributed by atoms with Crippen molar-refractivity contribution in [2.75, 3.05) is 0 Å². The van der Waals surface area contributed by atoms with Gasteiger partial charge in [0.15, 0.2) is 0 Å². The summed E-state index contributed by atoms with van der Waals surface area (Å²) in [6, 6.07) is 2.17. The number of nitrogens with one attached hydrogen (secondary N) is 1. The second-order valence-electron chi connectivity index (χ2n) is 3.85. The highest BCUT2D eigenvalue weighted by molar-refractivity contribution is 5.20. The third-order valence-corrected chi connectivity index (χ3v) is 2.78. The lowest BCUT2D eigenvalue weighted by molar-refractivity contribution is 0.264. The van der Waals surface area contributed by atoms with Crippen molar-refractivity contribution in [1.82, 2.24) is 10.2 Å². The molecule has 0 amide bonds. The summed E-state index contributed by atoms with van der Waals surface area (Å²) < 4.78 is 0. The van der Waals surface area contributed by atoms with Crippen molar-refractivity contribution in [2.24, 2.45) is 0 Å². The Morgan fingerprint density at radius 2 is 2.27 bits per heavy atom. The van der Waals surface area contributed by atoms with Crippen LogP contribution in [0.1, 0.15) is 37.6 Å². The first-order chi connectivity index (χ1) is 5.21. The maximum Gasteiger partial charge on any atom is 0.0683 e. The average Bonchev–Trinajstić information content (AvgIpc) is 2.31. The fourth-order valence-corrected chi connectivity index (χ4v) is 1.69. The Morgan fingerprint density at radius 1 is 1.55 bits per heavy atom. The SMILES string of the molecule is Cc1cc(C2(C)CCC2)n[nH]1. The Balaban J connectivity index is 2.28. The van der Waals surface area contributed by atoms with Gasteiger partial charge in [-0.1, -0.05) is 13.3 Å². The molecular formula is C9H14N2. The highest BCUT2D eigenvalue weighted by atomic mass is 15.1. The summed E-state index contributed by atoms with van der Waals surface area (Å²) in [6.07, 6.45) is 3.97. The minimum Gasteiger partial charge on any atom is -0.283 e. The van der Waals surface area contributed by atoms with Crippen LogP contribution in [0.3, 0.4) is 0 Å². The lowest BCUT2D eigenvalue weighted by Crippen LogP contribution is -2.30. The quantitative estimate of drug-likeness (QED) is 0.653. The van der Waals surface area contributed by atoms with Gasteiger partial charge in [-0.2, -0.15) is 5.10 Å². The maximum atomic E-state index is 4.28. The van der Waals surface area contributed by atoms with Gasteiger partial charge < -0.3 is 0 Å². The molecule has 0 saturated heterocycles. The predicted molar refractivity (Wildman–Crippen MR) is 44.5 cm³/mol. The Kier molecular flexibility index (Phi) is 1.31. The van der Waals surface area contributed by atoms with Crippen molar-refractivity contribution in [3.8, 4) is 0 Å². The van der Waals surface area contributed by atoms with E-state index < -0.39 is 0 Å². The van der Waals surface area contributed by atoms with Gasteiger partial charge in [0.2, 0.25) is 0 Å². The van der Waals surface area contributed by atoms with Crippen LogP contribution in [0.5, 0.6) is 0 Å². The van der Waals surface area contributed by atoms with Crippen LogP contribution in [0.15, 0.2) is 6.07 Å². The third kappa shape index (κ3) is 0.971. The summed E-state index contributed by atoms with van der Waals surface area (Å²) in [5, 5.41) is 7.28. The van der Waals surface area contributed by atoms with Crippen LogP contribution in [0, 0.1) is 6.92 Å². The van der Waals surface area contributed by atoms with Gasteiger partial charge in [-0.15, -0.1) is 0 Å². The van der Waals surface area contributed by atoms with Crippen LogP contribution < -0.4 is 0 Å². The van der Waals surface area contributed by atoms with Crippen LogP contribution in [0.25, 0.3) is 0 Å². The fraction of sp³-hybridized carbons (Fsp3) is 0.667. The standard InChI is InChI=1S/C9H14N2/c1-7-6-8(11-10-7)9(2)4-3-5-9/h6H,3-5H2,1-2H3,(H,10,11). The normalized spacial score (nSPS) is 21.3. The lowest BCUT2D eigenvalue weighted by atomic mass is 9.68. The molecule has 2 nitrogen and oxygen atoms in total. The summed E-state index contributed by atoms with van der Waals surface area (Å²) in [5.74, 6) is 0. The van der Waals surface area contributed by atoms with E-state index in [1.165, 1.54) is 30.7 Å². The van der Waals surface area contributed by atoms with Gasteiger partial charge in [0, 0.05) is 11.1 Å². The van der Waals surface area contributed by atoms with Crippen LogP contribution in [-0.4, -0.2) is 10.2 Å². The molecular weight excluding hydrogens is 136 g/mol. The smallest absolute Gasteiger partial charge is 0.0683 e. The van der Waals surface area contributed by atoms with Crippen molar-refractivity contribution in [2.45, 2.75) is 38.5 Å². The van der Waals surface area contributed by atoms with Gasteiger partial charge in [-0.25, -0.2) is 0 Å². The van der Waals surface area contributed by atoms with Crippen LogP contribution in [0.4, 0.5) is 0 Å². The number of nitrogens with zero attached hydrogens (tertiary/aromatic N) is 1. The van der Waals surface area contributed by atoms with Crippen molar-refractivity contribution < 1.29 is 0 Å². The number of aromatic nitrogens is 2. The van der Waals surface area contributed by atoms with Crippen LogP contribution in [-0.2, 0) is 5.41 Å². The van der Waals surface area contributed by atoms with Gasteiger partial charge in [-0.05, 0) is 25.8 Å². The molecule has 1 aromatic heterocycles. The molecule has 2 rings (SSSR count). The highest BCUT2D eigenvalue weighted by Gasteiger charge is 2.35. The molecule has 1 fully saturated rings. The highest BCUT2D eigenvalue weighted by Crippen LogP contribution is 2.42. The van der Waals surface area contributed by atoms with Crippen molar-refractivity contribution in [1.29, 1.82) is 0 Å². The summed E-state index contributed by atoms with van der Waals surface area (Å²) >= 11 is 0. The van der Waals surface area contributed by atoms with Crippen LogP contribution >= 0.6 is 0 Å². The van der Waals surface area contributed by atoms with Gasteiger partial charge >= 0.3 is 0 Å². The first-order valence-corrected chi connectivity index (χ1v) is 4.23. The van der Waals surface area contributed by atoms with Gasteiger partial charge in [0.1, 0.15) is 0 Å². The van der Waals surface area contributed by atoms with E-state index in [9.17, 15) is 0 Å². The number of rotatable bonds is 1. The molecule has 0 aliphatic heterocycles. The third-order valence-electron chi connectivity index (χ3n) is 2.78. The fourth-order valence-electron chi connectivity index (χ4n) is 1.69. The van der Waals surface area contributed by atoms with Crippen molar-refractivity contribution >= 4 is 0 Å². The van der Waals surface area contributed by atoms with Crippen molar-refractivity contribution in [3.05, 3.63) is 17.5 Å². The molecule has 0 bridgehead atoms. The Hall–Kier alpha value is -0.790. The molecule has 1 N–H and O–H groups in total. The Labute approximate surface area is 67.0 Å². The van der Waals surface area contributed by atoms with Crippen molar-refractivity contribution in [3.63, 3.8) is 0 Å². The Bertz CT molecular complexity index is 258. The molecule has 0 radical (unpaired) electrons. The van der Waals surface area contributed by atoms with E-state index in [1.807, 2.05) is 0 Å². The van der Waals surface area contributed by atoms with E-state index >= 15 is 0 Å². The maximum absolute atomic E-state index is 4.28. The first-order valence-electron chi connectivity index (χ1n) is 4.23. The van der Waals surface area contributed by atoms with E-state index in [1.54, 1.807) is 0 Å². The molecule has 11 heavy (non-hydrogen) atoms. The second-order valence-corrected chi connectivity index (χ2v) is 3.85. The molecule has 0 unspecified atom stereocenters. The summed E-state index contributed by atoms with van der Waals surface area (Å²) in [6.45, 7) is 4.35. The monoisotopic (exact) mass is 150 g/mol. The van der Waals surface area contributed by atoms with E-state index in [4.69, 9.17) is 0 Å². The Morgan fingerprint density at radius 3 is 2.64 bits per heavy atom. The van der Waals surface area contributed by atoms with Crippen LogP contribution in [0.2, 0.25) is 0 Å². The first kappa shape index (κ1) is 6.89. The molecule has 2 heteroatoms. The molecule has 1 aliphatic rings. The zero-order valence-corrected chi connectivity index (χ0v) is 7.15. The number of hydrogen-bond acceptors (Lipinski definition) is 1. The largest absolute Gasteiger partial charge is 0.283 e. The zero-order chi connectivity index (χ0) is 7.90. The molecule has 1 aromatic rings. The number of H-pyrrole nitrogens is 1. The number of aromatic amines is 1. The lowest BCUT2D eigenvalue weighted by Gasteiger charge is -2.36. The zero-order valence-electron chi connectivity index (χ0n) is 7.15. The number of aryl methyl sites for hydroxylation is 1. The molecule has 0 atom stereocenters. The number of hydrogen-bond donors (Lipinski definition) is 1.